The first-order valence-corrected chi connectivity index (χ1v) is 16.0. The molecule has 4 aliphatic rings. The van der Waals surface area contributed by atoms with Crippen molar-refractivity contribution in [2.75, 3.05) is 36.8 Å². The van der Waals surface area contributed by atoms with E-state index in [4.69, 9.17) is 0 Å². The molecule has 7 rings (SSSR count). The van der Waals surface area contributed by atoms with E-state index in [0.717, 1.165) is 31.0 Å². The molecule has 1 aromatic heterocycles. The molecule has 3 fully saturated rings. The second kappa shape index (κ2) is 10.5. The number of likely N-dealkylation sites (tertiary alicyclic amines) is 1. The van der Waals surface area contributed by atoms with Gasteiger partial charge in [-0.05, 0) is 51.0 Å². The molecule has 238 valence electrons. The van der Waals surface area contributed by atoms with Crippen molar-refractivity contribution in [1.82, 2.24) is 19.4 Å². The average molecular weight is 646 g/mol. The fourth-order valence-electron chi connectivity index (χ4n) is 7.24. The largest absolute Gasteiger partial charge is 0.417 e. The maximum absolute atomic E-state index is 15.3. The Kier molecular flexibility index (Phi) is 7.08. The van der Waals surface area contributed by atoms with Gasteiger partial charge in [0.1, 0.15) is 17.5 Å². The first-order chi connectivity index (χ1) is 21.3. The van der Waals surface area contributed by atoms with E-state index in [0.29, 0.717) is 31.0 Å². The summed E-state index contributed by atoms with van der Waals surface area (Å²) in [7, 11) is 0. The predicted octanol–water partition coefficient (Wildman–Crippen LogP) is 5.54. The van der Waals surface area contributed by atoms with Gasteiger partial charge in [-0.15, -0.1) is 11.8 Å². The van der Waals surface area contributed by atoms with E-state index >= 15 is 4.39 Å². The first kappa shape index (κ1) is 30.2. The normalized spacial score (nSPS) is 23.3. The number of hydrogen-bond acceptors (Lipinski definition) is 6. The van der Waals surface area contributed by atoms with E-state index < -0.39 is 34.6 Å². The monoisotopic (exact) mass is 645 g/mol. The lowest BCUT2D eigenvalue weighted by molar-refractivity contribution is -0.137. The molecule has 4 heterocycles. The van der Waals surface area contributed by atoms with Gasteiger partial charge in [-0.1, -0.05) is 6.58 Å². The molecule has 2 atom stereocenters. The minimum absolute atomic E-state index is 0.0962. The van der Waals surface area contributed by atoms with Crippen molar-refractivity contribution < 1.29 is 26.7 Å². The van der Waals surface area contributed by atoms with Crippen LogP contribution in [0.1, 0.15) is 32.3 Å². The molecule has 3 aliphatic heterocycles. The number of carbonyl (C=O) groups is 1. The lowest BCUT2D eigenvalue weighted by atomic mass is 9.81. The number of amides is 1. The number of aromatic nitrogens is 2. The van der Waals surface area contributed by atoms with Gasteiger partial charge in [-0.3, -0.25) is 14.3 Å². The number of nitrogens with zero attached hydrogens (tertiary/aromatic N) is 5. The van der Waals surface area contributed by atoms with Crippen LogP contribution in [0.4, 0.5) is 27.8 Å². The maximum atomic E-state index is 15.3. The minimum atomic E-state index is -4.91. The van der Waals surface area contributed by atoms with E-state index in [1.54, 1.807) is 9.80 Å². The van der Waals surface area contributed by atoms with E-state index in [1.807, 2.05) is 13.8 Å². The Bertz CT molecular complexity index is 1800. The zero-order chi connectivity index (χ0) is 32.0. The summed E-state index contributed by atoms with van der Waals surface area (Å²) in [6.45, 7) is 9.37. The van der Waals surface area contributed by atoms with Gasteiger partial charge in [0.15, 0.2) is 0 Å². The summed E-state index contributed by atoms with van der Waals surface area (Å²) in [5, 5.41) is 0.133. The SMILES string of the molecule is C=CC(=O)N1C[C@H](C)N(c2nc(=O)n3c4c(c(-c5ccc(F)cc5F)c(C(F)(F)F)cc24)SCC2(CN(C4CC4)C2)C3)C[C@H]1C. The van der Waals surface area contributed by atoms with E-state index in [2.05, 4.69) is 16.5 Å². The predicted molar refractivity (Wildman–Crippen MR) is 162 cm³/mol. The van der Waals surface area contributed by atoms with Gasteiger partial charge in [0, 0.05) is 89.5 Å². The number of thioether (sulfide) groups is 1. The molecule has 0 unspecified atom stereocenters. The summed E-state index contributed by atoms with van der Waals surface area (Å²) in [6, 6.07) is 3.29. The van der Waals surface area contributed by atoms with Crippen molar-refractivity contribution in [1.29, 1.82) is 0 Å². The lowest BCUT2D eigenvalue weighted by Gasteiger charge is -2.50. The number of carbonyl (C=O) groups excluding carboxylic acids is 1. The van der Waals surface area contributed by atoms with Gasteiger partial charge in [0.25, 0.3) is 0 Å². The number of benzene rings is 2. The van der Waals surface area contributed by atoms with E-state index in [-0.39, 0.29) is 70.2 Å². The minimum Gasteiger partial charge on any atom is -0.349 e. The third kappa shape index (κ3) is 5.02. The Morgan fingerprint density at radius 2 is 1.82 bits per heavy atom. The molecule has 1 saturated carbocycles. The Hall–Kier alpha value is -3.45. The Labute approximate surface area is 260 Å². The number of anilines is 1. The summed E-state index contributed by atoms with van der Waals surface area (Å²) in [5.41, 5.74) is -2.56. The highest BCUT2D eigenvalue weighted by Crippen LogP contribution is 2.52. The number of alkyl halides is 3. The maximum Gasteiger partial charge on any atom is 0.417 e. The molecule has 45 heavy (non-hydrogen) atoms. The smallest absolute Gasteiger partial charge is 0.349 e. The fourth-order valence-corrected chi connectivity index (χ4v) is 8.68. The summed E-state index contributed by atoms with van der Waals surface area (Å²) < 4.78 is 75.7. The topological polar surface area (TPSA) is 61.7 Å². The van der Waals surface area contributed by atoms with Crippen molar-refractivity contribution >= 4 is 34.4 Å². The van der Waals surface area contributed by atoms with E-state index in [9.17, 15) is 27.2 Å². The fraction of sp³-hybridized carbons (Fsp3) is 0.469. The van der Waals surface area contributed by atoms with E-state index in [1.165, 1.54) is 22.4 Å². The summed E-state index contributed by atoms with van der Waals surface area (Å²) in [6.07, 6.45) is -1.47. The average Bonchev–Trinajstić information content (AvgIpc) is 3.81. The number of rotatable bonds is 4. The van der Waals surface area contributed by atoms with Crippen LogP contribution in [0.5, 0.6) is 0 Å². The van der Waals surface area contributed by atoms with Gasteiger partial charge >= 0.3 is 11.9 Å². The highest BCUT2D eigenvalue weighted by molar-refractivity contribution is 7.99. The molecule has 0 bridgehead atoms. The van der Waals surface area contributed by atoms with Crippen molar-refractivity contribution in [2.24, 2.45) is 5.41 Å². The molecular formula is C32H32F5N5O2S. The van der Waals surface area contributed by atoms with Gasteiger partial charge < -0.3 is 9.80 Å². The van der Waals surface area contributed by atoms with Gasteiger partial charge in [-0.25, -0.2) is 13.6 Å². The molecule has 13 heteroatoms. The molecule has 0 N–H and O–H groups in total. The lowest BCUT2D eigenvalue weighted by Crippen LogP contribution is -2.60. The molecule has 1 amide bonds. The van der Waals surface area contributed by atoms with Crippen LogP contribution in [0.3, 0.4) is 0 Å². The molecule has 3 aromatic rings. The van der Waals surface area contributed by atoms with Crippen LogP contribution in [-0.2, 0) is 17.5 Å². The first-order valence-electron chi connectivity index (χ1n) is 15.0. The molecule has 2 aromatic carbocycles. The van der Waals surface area contributed by atoms with Crippen LogP contribution in [0, 0.1) is 17.0 Å². The van der Waals surface area contributed by atoms with Gasteiger partial charge in [0.05, 0.1) is 11.1 Å². The van der Waals surface area contributed by atoms with Crippen molar-refractivity contribution in [3.05, 3.63) is 64.6 Å². The van der Waals surface area contributed by atoms with Crippen LogP contribution < -0.4 is 10.6 Å². The van der Waals surface area contributed by atoms with Crippen LogP contribution in [0.15, 0.2) is 46.6 Å². The Morgan fingerprint density at radius 3 is 2.47 bits per heavy atom. The second-order valence-corrected chi connectivity index (χ2v) is 13.9. The third-order valence-corrected chi connectivity index (χ3v) is 11.0. The third-order valence-electron chi connectivity index (χ3n) is 9.58. The molecular weight excluding hydrogens is 613 g/mol. The zero-order valence-corrected chi connectivity index (χ0v) is 25.6. The highest BCUT2D eigenvalue weighted by Gasteiger charge is 2.50. The summed E-state index contributed by atoms with van der Waals surface area (Å²) >= 11 is 1.20. The molecule has 1 aliphatic carbocycles. The Balaban J connectivity index is 1.47. The number of hydrogen-bond donors (Lipinski definition) is 0. The quantitative estimate of drug-likeness (QED) is 0.274. The van der Waals surface area contributed by atoms with Gasteiger partial charge in [0.2, 0.25) is 5.91 Å². The van der Waals surface area contributed by atoms with Crippen molar-refractivity contribution in [3.63, 3.8) is 0 Å². The van der Waals surface area contributed by atoms with Crippen LogP contribution in [-0.4, -0.2) is 75.3 Å². The van der Waals surface area contributed by atoms with Crippen LogP contribution >= 0.6 is 11.8 Å². The summed E-state index contributed by atoms with van der Waals surface area (Å²) in [5.74, 6) is -1.76. The highest BCUT2D eigenvalue weighted by atomic mass is 32.2. The van der Waals surface area contributed by atoms with Crippen LogP contribution in [0.2, 0.25) is 0 Å². The molecule has 1 spiro atoms. The zero-order valence-electron chi connectivity index (χ0n) is 24.8. The molecule has 0 radical (unpaired) electrons. The number of halogens is 5. The Morgan fingerprint density at radius 1 is 1.09 bits per heavy atom. The second-order valence-electron chi connectivity index (χ2n) is 12.9. The number of piperazine rings is 1. The van der Waals surface area contributed by atoms with Crippen LogP contribution in [0.25, 0.3) is 22.0 Å². The standard InChI is InChI=1S/C32H32F5N5O2S/c1-4-25(43)40-11-18(3)41(12-17(40)2)29-22-10-23(32(35,36)37)26(21-8-5-19(33)9-24(21)34)28-27(22)42(30(44)38-29)15-31(16-45-28)13-39(14-31)20-6-7-20/h4-5,8-10,17-18,20H,1,6-7,11-16H2,2-3H3/t17-,18+/m1/s1. The van der Waals surface area contributed by atoms with Crippen molar-refractivity contribution in [3.8, 4) is 11.1 Å². The molecule has 2 saturated heterocycles. The van der Waals surface area contributed by atoms with Crippen molar-refractivity contribution in [2.45, 2.75) is 62.4 Å². The van der Waals surface area contributed by atoms with Gasteiger partial charge in [-0.2, -0.15) is 18.2 Å². The summed E-state index contributed by atoms with van der Waals surface area (Å²) in [4.78, 5) is 36.8. The molecule has 7 nitrogen and oxygen atoms in total.